The molecule has 1 radical (unpaired) electrons. The topological polar surface area (TPSA) is 0 Å². The van der Waals surface area contributed by atoms with E-state index in [-0.39, 0.29) is 7.43 Å². The van der Waals surface area contributed by atoms with Crippen molar-refractivity contribution >= 4 is 11.8 Å². The van der Waals surface area contributed by atoms with E-state index in [1.165, 1.54) is 17.9 Å². The van der Waals surface area contributed by atoms with E-state index in [4.69, 9.17) is 0 Å². The van der Waals surface area contributed by atoms with E-state index >= 15 is 0 Å². The molecule has 2 heteroatoms. The van der Waals surface area contributed by atoms with Crippen LogP contribution in [0.4, 0.5) is 0 Å². The summed E-state index contributed by atoms with van der Waals surface area (Å²) in [6, 6.07) is 0. The second-order valence-corrected chi connectivity index (χ2v) is 5.74. The summed E-state index contributed by atoms with van der Waals surface area (Å²) in [7, 11) is 0. The summed E-state index contributed by atoms with van der Waals surface area (Å²) in [4.78, 5) is 0. The molecule has 1 rings (SSSR count). The molecule has 0 aliphatic carbocycles. The SMILES string of the molecule is C[C-]1CCSCC1C(C)(C)C.[CH3-].[Lr]. The summed E-state index contributed by atoms with van der Waals surface area (Å²) >= 11 is 2.11. The maximum Gasteiger partial charge on any atom is 0 e. The van der Waals surface area contributed by atoms with Crippen molar-refractivity contribution in [2.75, 3.05) is 11.5 Å². The third kappa shape index (κ3) is 3.71. The van der Waals surface area contributed by atoms with Gasteiger partial charge in [-0.15, -0.1) is 0 Å². The Balaban J connectivity index is 0. The van der Waals surface area contributed by atoms with Crippen LogP contribution >= 0.6 is 11.8 Å². The largest absolute Gasteiger partial charge is 0.358 e. The van der Waals surface area contributed by atoms with Gasteiger partial charge in [-0.25, -0.2) is 0 Å². The summed E-state index contributed by atoms with van der Waals surface area (Å²) in [6.45, 7) is 9.39. The molecule has 0 aromatic heterocycles. The first kappa shape index (κ1) is 14.9. The predicted octanol–water partition coefficient (Wildman–Crippen LogP) is 3.83. The maximum atomic E-state index is 2.35. The molecule has 0 aromatic carbocycles. The molecule has 1 aliphatic heterocycles. The average molecular weight is 448 g/mol. The van der Waals surface area contributed by atoms with E-state index in [2.05, 4.69) is 39.5 Å². The van der Waals surface area contributed by atoms with E-state index < -0.39 is 0 Å². The van der Waals surface area contributed by atoms with Crippen LogP contribution in [0.15, 0.2) is 0 Å². The number of rotatable bonds is 0. The molecule has 1 heterocycles. The second kappa shape index (κ2) is 5.16. The molecule has 1 saturated heterocycles. The zero-order chi connectivity index (χ0) is 8.48. The third-order valence-corrected chi connectivity index (χ3v) is 3.63. The fraction of sp³-hybridized carbons (Fsp3) is 0.818. The number of hydrogen-bond acceptors (Lipinski definition) is 1. The Labute approximate surface area is 82.5 Å². The molecule has 1 atom stereocenters. The first-order chi connectivity index (χ1) is 5.02. The van der Waals surface area contributed by atoms with Crippen LogP contribution in [-0.2, 0) is 0 Å². The molecule has 1 aliphatic rings. The van der Waals surface area contributed by atoms with Gasteiger partial charge in [-0.2, -0.15) is 31.0 Å². The minimum Gasteiger partial charge on any atom is -0.358 e. The molecule has 0 N–H and O–H groups in total. The van der Waals surface area contributed by atoms with Gasteiger partial charge in [0, 0.05) is 0 Å². The van der Waals surface area contributed by atoms with Crippen molar-refractivity contribution in [2.45, 2.75) is 34.1 Å². The van der Waals surface area contributed by atoms with Crippen molar-refractivity contribution in [1.82, 2.24) is 0 Å². The fourth-order valence-electron chi connectivity index (χ4n) is 1.74. The minimum atomic E-state index is 0. The Morgan fingerprint density at radius 2 is 1.85 bits per heavy atom. The van der Waals surface area contributed by atoms with Gasteiger partial charge in [-0.3, -0.25) is 0 Å². The summed E-state index contributed by atoms with van der Waals surface area (Å²) < 4.78 is 0. The summed E-state index contributed by atoms with van der Waals surface area (Å²) in [5, 5.41) is 0. The van der Waals surface area contributed by atoms with Gasteiger partial charge in [0.1, 0.15) is 0 Å². The van der Waals surface area contributed by atoms with Gasteiger partial charge in [0.25, 0.3) is 0 Å². The van der Waals surface area contributed by atoms with Gasteiger partial charge in [-0.1, -0.05) is 26.2 Å². The molecule has 0 aromatic rings. The van der Waals surface area contributed by atoms with E-state index in [1.54, 1.807) is 5.92 Å². The molecule has 0 nitrogen and oxygen atoms in total. The molecule has 89 valence electrons. The molecular weight excluding hydrogens is 426 g/mol. The number of thioether (sulfide) groups is 1. The van der Waals surface area contributed by atoms with E-state index in [1.807, 2.05) is 0 Å². The first-order valence-corrected chi connectivity index (χ1v) is 5.57. The van der Waals surface area contributed by atoms with Crippen LogP contribution in [0.3, 0.4) is 0 Å². The van der Waals surface area contributed by atoms with Crippen molar-refractivity contribution in [2.24, 2.45) is 11.3 Å². The average Bonchev–Trinajstić information content (AvgIpc) is 1.86. The van der Waals surface area contributed by atoms with E-state index in [9.17, 15) is 0 Å². The smallest absolute Gasteiger partial charge is 0 e. The van der Waals surface area contributed by atoms with Crippen molar-refractivity contribution in [3.05, 3.63) is 13.3 Å². The summed E-state index contributed by atoms with van der Waals surface area (Å²) in [5.74, 6) is 5.26. The Hall–Kier alpha value is -0.650. The summed E-state index contributed by atoms with van der Waals surface area (Å²) in [6.07, 6.45) is 1.34. The minimum absolute atomic E-state index is 0. The summed E-state index contributed by atoms with van der Waals surface area (Å²) in [5.41, 5.74) is 0.484. The quantitative estimate of drug-likeness (QED) is 0.508. The van der Waals surface area contributed by atoms with Gasteiger partial charge >= 0.3 is 0 Å². The van der Waals surface area contributed by atoms with Crippen molar-refractivity contribution in [3.8, 4) is 0 Å². The molecule has 1 fully saturated rings. The second-order valence-electron chi connectivity index (χ2n) is 4.59. The van der Waals surface area contributed by atoms with Gasteiger partial charge in [-0.05, 0) is 11.5 Å². The molecule has 0 amide bonds. The third-order valence-electron chi connectivity index (χ3n) is 2.57. The molecule has 0 bridgehead atoms. The van der Waals surface area contributed by atoms with Crippen LogP contribution in [0.5, 0.6) is 0 Å². The standard InChI is InChI=1S/C10H19S.CH3.Lr/c1-8-5-6-11-7-9(8)10(2,3)4;;/h9H,5-7H2,1-4H3;1H3;/q2*-1;. The molecule has 1 unspecified atom stereocenters. The molecule has 0 saturated carbocycles. The van der Waals surface area contributed by atoms with Crippen LogP contribution in [0.2, 0.25) is 0 Å². The van der Waals surface area contributed by atoms with Crippen LogP contribution in [0.1, 0.15) is 34.1 Å². The van der Waals surface area contributed by atoms with Crippen molar-refractivity contribution in [3.63, 3.8) is 0 Å². The van der Waals surface area contributed by atoms with Gasteiger partial charge < -0.3 is 13.3 Å². The van der Waals surface area contributed by atoms with Gasteiger partial charge in [0.2, 0.25) is 0 Å². The van der Waals surface area contributed by atoms with Gasteiger partial charge in [0.15, 0.2) is 0 Å². The zero-order valence-corrected chi connectivity index (χ0v) is 12.3. The van der Waals surface area contributed by atoms with Gasteiger partial charge in [0.05, 0.1) is 0 Å². The Kier molecular flexibility index (Phi) is 5.90. The molecule has 13 heavy (non-hydrogen) atoms. The Morgan fingerprint density at radius 1 is 1.31 bits per heavy atom. The normalized spacial score (nSPS) is 24.5. The van der Waals surface area contributed by atoms with Crippen LogP contribution in [0, 0.1) is 24.7 Å². The first-order valence-electron chi connectivity index (χ1n) is 4.42. The predicted molar refractivity (Wildman–Crippen MR) is 60.2 cm³/mol. The maximum absolute atomic E-state index is 2.35. The number of hydrogen-bond donors (Lipinski definition) is 0. The van der Waals surface area contributed by atoms with Crippen molar-refractivity contribution in [1.29, 1.82) is 0 Å². The fourth-order valence-corrected chi connectivity index (χ4v) is 3.39. The molecular formula is C11H22LrS-2. The van der Waals surface area contributed by atoms with Crippen LogP contribution in [0.25, 0.3) is 0 Å². The Bertz CT molecular complexity index is 129. The Morgan fingerprint density at radius 3 is 2.15 bits per heavy atom. The van der Waals surface area contributed by atoms with E-state index in [0.29, 0.717) is 5.41 Å². The zero-order valence-electron chi connectivity index (χ0n) is 9.37. The molecule has 0 spiro atoms. The van der Waals surface area contributed by atoms with Crippen LogP contribution < -0.4 is 0 Å². The van der Waals surface area contributed by atoms with Crippen LogP contribution in [-0.4, -0.2) is 11.5 Å². The van der Waals surface area contributed by atoms with E-state index in [0.717, 1.165) is 5.92 Å². The monoisotopic (exact) mass is 448 g/mol. The van der Waals surface area contributed by atoms with Crippen molar-refractivity contribution < 1.29 is 0 Å².